The Hall–Kier alpha value is -3.20. The molecule has 0 radical (unpaired) electrons. The molecule has 0 bridgehead atoms. The SMILES string of the molecule is COCc1cc(C(=O)Nc2cc([C@@H]3CC[C@H](Oc4cnccc4C4CC4)C3)[nH]n2)n(C)n1. The van der Waals surface area contributed by atoms with Gasteiger partial charge in [-0.25, -0.2) is 0 Å². The minimum absolute atomic E-state index is 0.164. The molecule has 0 aromatic carbocycles. The van der Waals surface area contributed by atoms with Crippen LogP contribution in [0.4, 0.5) is 5.82 Å². The summed E-state index contributed by atoms with van der Waals surface area (Å²) < 4.78 is 13.0. The average Bonchev–Trinajstić information content (AvgIpc) is 3.15. The Labute approximate surface area is 186 Å². The molecule has 2 saturated carbocycles. The van der Waals surface area contributed by atoms with Gasteiger partial charge in [-0.05, 0) is 50.2 Å². The molecule has 32 heavy (non-hydrogen) atoms. The third-order valence-corrected chi connectivity index (χ3v) is 6.25. The number of pyridine rings is 1. The molecule has 2 N–H and O–H groups in total. The Bertz CT molecular complexity index is 1100. The maximum atomic E-state index is 12.6. The van der Waals surface area contributed by atoms with Crippen LogP contribution >= 0.6 is 0 Å². The lowest BCUT2D eigenvalue weighted by atomic mass is 10.0. The topological polar surface area (TPSA) is 107 Å². The second-order valence-electron chi connectivity index (χ2n) is 8.68. The molecule has 2 fully saturated rings. The molecule has 0 aliphatic heterocycles. The van der Waals surface area contributed by atoms with E-state index in [0.29, 0.717) is 35.6 Å². The summed E-state index contributed by atoms with van der Waals surface area (Å²) in [5.41, 5.74) is 3.47. The number of nitrogens with one attached hydrogen (secondary N) is 2. The van der Waals surface area contributed by atoms with Gasteiger partial charge in [0.25, 0.3) is 5.91 Å². The van der Waals surface area contributed by atoms with Crippen molar-refractivity contribution in [3.05, 3.63) is 53.2 Å². The highest BCUT2D eigenvalue weighted by atomic mass is 16.5. The second-order valence-corrected chi connectivity index (χ2v) is 8.68. The lowest BCUT2D eigenvalue weighted by Gasteiger charge is -2.16. The quantitative estimate of drug-likeness (QED) is 0.559. The fraction of sp³-hybridized carbons (Fsp3) is 0.478. The van der Waals surface area contributed by atoms with Gasteiger partial charge in [-0.2, -0.15) is 10.2 Å². The normalized spacial score (nSPS) is 20.4. The number of hydrogen-bond donors (Lipinski definition) is 2. The van der Waals surface area contributed by atoms with E-state index in [4.69, 9.17) is 9.47 Å². The Kier molecular flexibility index (Phi) is 5.65. The van der Waals surface area contributed by atoms with Crippen LogP contribution in [0.5, 0.6) is 5.75 Å². The predicted octanol–water partition coefficient (Wildman–Crippen LogP) is 3.53. The van der Waals surface area contributed by atoms with E-state index in [2.05, 4.69) is 31.7 Å². The Balaban J connectivity index is 1.20. The summed E-state index contributed by atoms with van der Waals surface area (Å²) in [5.74, 6) is 2.14. The predicted molar refractivity (Wildman–Crippen MR) is 118 cm³/mol. The number of H-pyrrole nitrogens is 1. The fourth-order valence-electron chi connectivity index (χ4n) is 4.48. The number of methoxy groups -OCH3 is 1. The highest BCUT2D eigenvalue weighted by molar-refractivity contribution is 6.02. The first-order chi connectivity index (χ1) is 15.6. The molecule has 3 aromatic heterocycles. The van der Waals surface area contributed by atoms with Gasteiger partial charge in [-0.1, -0.05) is 0 Å². The molecule has 2 atom stereocenters. The third-order valence-electron chi connectivity index (χ3n) is 6.25. The largest absolute Gasteiger partial charge is 0.488 e. The van der Waals surface area contributed by atoms with E-state index in [1.165, 1.54) is 18.4 Å². The molecule has 1 amide bonds. The molecule has 3 aromatic rings. The number of rotatable bonds is 8. The highest BCUT2D eigenvalue weighted by Gasteiger charge is 2.32. The minimum atomic E-state index is -0.253. The zero-order chi connectivity index (χ0) is 22.1. The summed E-state index contributed by atoms with van der Waals surface area (Å²) in [6.07, 6.45) is 9.26. The smallest absolute Gasteiger partial charge is 0.275 e. The van der Waals surface area contributed by atoms with Crippen molar-refractivity contribution < 1.29 is 14.3 Å². The molecule has 0 unspecified atom stereocenters. The summed E-state index contributed by atoms with van der Waals surface area (Å²) in [5, 5.41) is 14.5. The number of carbonyl (C=O) groups excluding carboxylic acids is 1. The van der Waals surface area contributed by atoms with Gasteiger partial charge in [0, 0.05) is 43.6 Å². The van der Waals surface area contributed by atoms with E-state index < -0.39 is 0 Å². The number of aryl methyl sites for hydroxylation is 1. The van der Waals surface area contributed by atoms with Gasteiger partial charge in [-0.15, -0.1) is 0 Å². The van der Waals surface area contributed by atoms with Crippen LogP contribution in [0.2, 0.25) is 0 Å². The number of carbonyl (C=O) groups is 1. The summed E-state index contributed by atoms with van der Waals surface area (Å²) in [4.78, 5) is 16.9. The van der Waals surface area contributed by atoms with Crippen molar-refractivity contribution in [3.8, 4) is 5.75 Å². The van der Waals surface area contributed by atoms with Crippen LogP contribution in [-0.2, 0) is 18.4 Å². The van der Waals surface area contributed by atoms with Crippen molar-refractivity contribution in [2.75, 3.05) is 12.4 Å². The summed E-state index contributed by atoms with van der Waals surface area (Å²) >= 11 is 0. The van der Waals surface area contributed by atoms with E-state index in [0.717, 1.165) is 30.7 Å². The maximum absolute atomic E-state index is 12.6. The van der Waals surface area contributed by atoms with Crippen LogP contribution < -0.4 is 10.1 Å². The first-order valence-electron chi connectivity index (χ1n) is 11.1. The van der Waals surface area contributed by atoms with Crippen molar-refractivity contribution in [2.45, 2.75) is 56.7 Å². The van der Waals surface area contributed by atoms with E-state index >= 15 is 0 Å². The molecule has 0 saturated heterocycles. The monoisotopic (exact) mass is 436 g/mol. The van der Waals surface area contributed by atoms with Crippen molar-refractivity contribution in [2.24, 2.45) is 7.05 Å². The third kappa shape index (κ3) is 4.38. The summed E-state index contributed by atoms with van der Waals surface area (Å²) in [6, 6.07) is 5.72. The van der Waals surface area contributed by atoms with Gasteiger partial charge in [-0.3, -0.25) is 19.6 Å². The van der Waals surface area contributed by atoms with Gasteiger partial charge in [0.1, 0.15) is 11.4 Å². The zero-order valence-corrected chi connectivity index (χ0v) is 18.4. The fourth-order valence-corrected chi connectivity index (χ4v) is 4.48. The molecule has 2 aliphatic carbocycles. The van der Waals surface area contributed by atoms with Crippen LogP contribution in [0.1, 0.15) is 71.4 Å². The van der Waals surface area contributed by atoms with Crippen molar-refractivity contribution in [1.29, 1.82) is 0 Å². The lowest BCUT2D eigenvalue weighted by molar-refractivity contribution is 0.101. The van der Waals surface area contributed by atoms with E-state index in [1.807, 2.05) is 18.5 Å². The first-order valence-corrected chi connectivity index (χ1v) is 11.1. The number of aromatic amines is 1. The van der Waals surface area contributed by atoms with Crippen molar-refractivity contribution in [3.63, 3.8) is 0 Å². The van der Waals surface area contributed by atoms with Crippen molar-refractivity contribution in [1.82, 2.24) is 25.0 Å². The Morgan fingerprint density at radius 1 is 1.25 bits per heavy atom. The first kappa shape index (κ1) is 20.7. The number of ether oxygens (including phenoxy) is 2. The Morgan fingerprint density at radius 2 is 2.09 bits per heavy atom. The molecule has 168 valence electrons. The van der Waals surface area contributed by atoms with E-state index in [1.54, 1.807) is 24.9 Å². The van der Waals surface area contributed by atoms with E-state index in [-0.39, 0.29) is 12.0 Å². The molecule has 0 spiro atoms. The summed E-state index contributed by atoms with van der Waals surface area (Å²) in [6.45, 7) is 0.361. The van der Waals surface area contributed by atoms with Gasteiger partial charge >= 0.3 is 0 Å². The number of anilines is 1. The molecule has 5 rings (SSSR count). The average molecular weight is 437 g/mol. The number of aromatic nitrogens is 5. The minimum Gasteiger partial charge on any atom is -0.488 e. The van der Waals surface area contributed by atoms with Crippen molar-refractivity contribution >= 4 is 11.7 Å². The van der Waals surface area contributed by atoms with E-state index in [9.17, 15) is 4.79 Å². The van der Waals surface area contributed by atoms with Crippen LogP contribution in [-0.4, -0.2) is 44.1 Å². The zero-order valence-electron chi connectivity index (χ0n) is 18.4. The number of nitrogens with zero attached hydrogens (tertiary/aromatic N) is 4. The molecular formula is C23H28N6O3. The molecular weight excluding hydrogens is 408 g/mol. The maximum Gasteiger partial charge on any atom is 0.275 e. The summed E-state index contributed by atoms with van der Waals surface area (Å²) in [7, 11) is 3.33. The van der Waals surface area contributed by atoms with Crippen LogP contribution in [0.15, 0.2) is 30.6 Å². The molecule has 2 aliphatic rings. The molecule has 3 heterocycles. The second kappa shape index (κ2) is 8.74. The number of hydrogen-bond acceptors (Lipinski definition) is 6. The van der Waals surface area contributed by atoms with Gasteiger partial charge in [0.2, 0.25) is 0 Å². The Morgan fingerprint density at radius 3 is 2.91 bits per heavy atom. The van der Waals surface area contributed by atoms with Gasteiger partial charge in [0.15, 0.2) is 5.82 Å². The lowest BCUT2D eigenvalue weighted by Crippen LogP contribution is -2.16. The van der Waals surface area contributed by atoms with Gasteiger partial charge < -0.3 is 14.8 Å². The standard InChI is InChI=1S/C23H28N6O3/c1-29-20(10-16(28-29)13-31-2)23(30)25-22-11-19(26-27-22)15-5-6-17(9-15)32-21-12-24-8-7-18(21)14-3-4-14/h7-8,10-12,14-15,17H,3-6,9,13H2,1-2H3,(H2,25,26,27,30)/t15-,17+/m1/s1. The van der Waals surface area contributed by atoms with Crippen LogP contribution in [0.3, 0.4) is 0 Å². The number of amides is 1. The molecule has 9 heteroatoms. The molecule has 9 nitrogen and oxygen atoms in total. The van der Waals surface area contributed by atoms with Gasteiger partial charge in [0.05, 0.1) is 24.6 Å². The van der Waals surface area contributed by atoms with Crippen LogP contribution in [0, 0.1) is 0 Å². The van der Waals surface area contributed by atoms with Crippen LogP contribution in [0.25, 0.3) is 0 Å². The highest BCUT2D eigenvalue weighted by Crippen LogP contribution is 2.45.